The summed E-state index contributed by atoms with van der Waals surface area (Å²) < 4.78 is 56.0. The maximum absolute atomic E-state index is 12.3. The Bertz CT molecular complexity index is 1710. The van der Waals surface area contributed by atoms with E-state index in [-0.39, 0.29) is 10.1 Å². The van der Waals surface area contributed by atoms with Crippen LogP contribution in [0.4, 0.5) is 11.6 Å². The van der Waals surface area contributed by atoms with Crippen molar-refractivity contribution in [2.24, 2.45) is 5.14 Å². The van der Waals surface area contributed by atoms with Crippen LogP contribution in [0.3, 0.4) is 0 Å². The van der Waals surface area contributed by atoms with Crippen molar-refractivity contribution in [1.29, 1.82) is 0 Å². The summed E-state index contributed by atoms with van der Waals surface area (Å²) in [7, 11) is -7.13. The number of nitrogens with zero attached hydrogens (tertiary/aromatic N) is 3. The van der Waals surface area contributed by atoms with E-state index in [0.29, 0.717) is 60.2 Å². The Morgan fingerprint density at radius 2 is 1.74 bits per heavy atom. The number of hydrogen-bond acceptors (Lipinski definition) is 9. The lowest BCUT2D eigenvalue weighted by atomic mass is 10.1. The molecule has 2 aromatic carbocycles. The van der Waals surface area contributed by atoms with Gasteiger partial charge in [0.05, 0.1) is 28.0 Å². The second-order valence-corrected chi connectivity index (χ2v) is 12.3. The zero-order valence-corrected chi connectivity index (χ0v) is 22.1. The normalized spacial score (nSPS) is 13.8. The van der Waals surface area contributed by atoms with Crippen molar-refractivity contribution in [2.75, 3.05) is 16.6 Å². The van der Waals surface area contributed by atoms with Crippen molar-refractivity contribution in [1.82, 2.24) is 15.0 Å². The predicted molar refractivity (Wildman–Crippen MR) is 145 cm³/mol. The fourth-order valence-corrected chi connectivity index (χ4v) is 5.71. The van der Waals surface area contributed by atoms with Crippen molar-refractivity contribution >= 4 is 42.7 Å². The monoisotopic (exact) mass is 554 g/mol. The highest BCUT2D eigenvalue weighted by Crippen LogP contribution is 2.31. The van der Waals surface area contributed by atoms with Crippen molar-refractivity contribution in [3.8, 4) is 17.1 Å². The van der Waals surface area contributed by atoms with E-state index in [1.165, 1.54) is 12.1 Å². The van der Waals surface area contributed by atoms with Gasteiger partial charge in [-0.25, -0.2) is 31.9 Å². The van der Waals surface area contributed by atoms with E-state index in [0.717, 1.165) is 11.1 Å². The standard InChI is InChI=1S/C25H26N6O5S2/c1-2-36-24-23-22(29-25(30-24)27-15-16-6-8-19(9-7-16)37(26,32)33)13-12-21(28-23)17-4-3-5-18(14-17)31-38(34,35)20-10-11-20/h3-9,12-14,20,31H,2,10-11,15H2,1H3,(H2,26,32,33)(H,27,29,30). The number of benzene rings is 2. The zero-order chi connectivity index (χ0) is 26.9. The summed E-state index contributed by atoms with van der Waals surface area (Å²) in [6.45, 7) is 2.55. The molecule has 0 bridgehead atoms. The van der Waals surface area contributed by atoms with E-state index in [4.69, 9.17) is 14.9 Å². The number of hydrogen-bond donors (Lipinski definition) is 3. The van der Waals surface area contributed by atoms with E-state index in [2.05, 4.69) is 20.0 Å². The molecule has 198 valence electrons. The number of anilines is 2. The number of sulfonamides is 2. The van der Waals surface area contributed by atoms with E-state index < -0.39 is 20.0 Å². The number of primary sulfonamides is 1. The first-order valence-corrected chi connectivity index (χ1v) is 15.0. The van der Waals surface area contributed by atoms with Gasteiger partial charge in [-0.2, -0.15) is 4.98 Å². The molecule has 5 rings (SSSR count). The summed E-state index contributed by atoms with van der Waals surface area (Å²) in [5, 5.41) is 7.96. The Morgan fingerprint density at radius 3 is 2.42 bits per heavy atom. The molecule has 1 aliphatic rings. The number of fused-ring (bicyclic) bond motifs is 1. The van der Waals surface area contributed by atoms with Crippen LogP contribution in [0.5, 0.6) is 5.88 Å². The second-order valence-electron chi connectivity index (χ2n) is 8.82. The molecule has 0 unspecified atom stereocenters. The lowest BCUT2D eigenvalue weighted by Gasteiger charge is -2.12. The Balaban J connectivity index is 1.40. The molecular formula is C25H26N6O5S2. The summed E-state index contributed by atoms with van der Waals surface area (Å²) in [6.07, 6.45) is 1.37. The molecule has 4 N–H and O–H groups in total. The summed E-state index contributed by atoms with van der Waals surface area (Å²) >= 11 is 0. The van der Waals surface area contributed by atoms with Crippen LogP contribution in [-0.2, 0) is 26.6 Å². The Labute approximate surface area is 220 Å². The summed E-state index contributed by atoms with van der Waals surface area (Å²) in [4.78, 5) is 13.8. The molecule has 1 fully saturated rings. The third-order valence-corrected chi connectivity index (χ3v) is 8.67. The summed E-state index contributed by atoms with van der Waals surface area (Å²) in [5.41, 5.74) is 3.67. The Kier molecular flexibility index (Phi) is 6.90. The van der Waals surface area contributed by atoms with Crippen LogP contribution in [0, 0.1) is 0 Å². The Hall–Kier alpha value is -3.81. The van der Waals surface area contributed by atoms with E-state index in [9.17, 15) is 16.8 Å². The van der Waals surface area contributed by atoms with Gasteiger partial charge >= 0.3 is 0 Å². The average molecular weight is 555 g/mol. The second kappa shape index (κ2) is 10.2. The predicted octanol–water partition coefficient (Wildman–Crippen LogP) is 3.25. The number of aromatic nitrogens is 3. The van der Waals surface area contributed by atoms with Gasteiger partial charge in [0, 0.05) is 17.8 Å². The van der Waals surface area contributed by atoms with E-state index in [1.54, 1.807) is 42.5 Å². The molecule has 11 nitrogen and oxygen atoms in total. The molecule has 13 heteroatoms. The highest BCUT2D eigenvalue weighted by Gasteiger charge is 2.35. The van der Waals surface area contributed by atoms with Crippen molar-refractivity contribution < 1.29 is 21.6 Å². The largest absolute Gasteiger partial charge is 0.476 e. The molecule has 0 amide bonds. The smallest absolute Gasteiger partial charge is 0.245 e. The highest BCUT2D eigenvalue weighted by molar-refractivity contribution is 7.93. The number of ether oxygens (including phenoxy) is 1. The molecule has 0 aliphatic heterocycles. The van der Waals surface area contributed by atoms with Crippen molar-refractivity contribution in [3.05, 3.63) is 66.2 Å². The fourth-order valence-electron chi connectivity index (χ4n) is 3.81. The minimum atomic E-state index is -3.76. The maximum atomic E-state index is 12.3. The molecule has 1 saturated carbocycles. The Morgan fingerprint density at radius 1 is 0.974 bits per heavy atom. The van der Waals surface area contributed by atoms with E-state index >= 15 is 0 Å². The van der Waals surface area contributed by atoms with Crippen LogP contribution in [-0.4, -0.2) is 43.6 Å². The number of pyridine rings is 1. The third-order valence-electron chi connectivity index (χ3n) is 5.88. The van der Waals surface area contributed by atoms with E-state index in [1.807, 2.05) is 13.0 Å². The van der Waals surface area contributed by atoms with Gasteiger partial charge in [0.25, 0.3) is 0 Å². The molecule has 4 aromatic rings. The lowest BCUT2D eigenvalue weighted by molar-refractivity contribution is 0.330. The summed E-state index contributed by atoms with van der Waals surface area (Å²) in [5.74, 6) is 0.625. The van der Waals surface area contributed by atoms with Gasteiger partial charge in [-0.15, -0.1) is 0 Å². The first-order chi connectivity index (χ1) is 18.1. The van der Waals surface area contributed by atoms with Gasteiger partial charge in [-0.1, -0.05) is 24.3 Å². The average Bonchev–Trinajstić information content (AvgIpc) is 3.74. The molecular weight excluding hydrogens is 528 g/mol. The number of nitrogens with two attached hydrogens (primary N) is 1. The molecule has 2 heterocycles. The number of nitrogens with one attached hydrogen (secondary N) is 2. The van der Waals surface area contributed by atoms with Crippen LogP contribution < -0.4 is 19.9 Å². The van der Waals surface area contributed by atoms with Crippen LogP contribution >= 0.6 is 0 Å². The molecule has 38 heavy (non-hydrogen) atoms. The fraction of sp³-hybridized carbons (Fsp3) is 0.240. The summed E-state index contributed by atoms with van der Waals surface area (Å²) in [6, 6.07) is 16.9. The minimum Gasteiger partial charge on any atom is -0.476 e. The van der Waals surface area contributed by atoms with Crippen molar-refractivity contribution in [2.45, 2.75) is 36.5 Å². The van der Waals surface area contributed by atoms with Crippen LogP contribution in [0.2, 0.25) is 0 Å². The molecule has 0 spiro atoms. The topological polar surface area (TPSA) is 166 Å². The van der Waals surface area contributed by atoms with Crippen LogP contribution in [0.1, 0.15) is 25.3 Å². The van der Waals surface area contributed by atoms with Gasteiger partial charge in [-0.3, -0.25) is 4.72 Å². The van der Waals surface area contributed by atoms with Crippen LogP contribution in [0.25, 0.3) is 22.3 Å². The molecule has 1 aliphatic carbocycles. The van der Waals surface area contributed by atoms with Gasteiger partial charge < -0.3 is 10.1 Å². The van der Waals surface area contributed by atoms with Crippen LogP contribution in [0.15, 0.2) is 65.6 Å². The molecule has 0 atom stereocenters. The van der Waals surface area contributed by atoms with Gasteiger partial charge in [-0.05, 0) is 61.7 Å². The van der Waals surface area contributed by atoms with Gasteiger partial charge in [0.2, 0.25) is 31.9 Å². The quantitative estimate of drug-likeness (QED) is 0.267. The third kappa shape index (κ3) is 5.85. The minimum absolute atomic E-state index is 0.0366. The molecule has 2 aromatic heterocycles. The first kappa shape index (κ1) is 25.8. The van der Waals surface area contributed by atoms with Crippen molar-refractivity contribution in [3.63, 3.8) is 0 Å². The lowest BCUT2D eigenvalue weighted by Crippen LogP contribution is -2.17. The molecule has 0 saturated heterocycles. The maximum Gasteiger partial charge on any atom is 0.245 e. The highest BCUT2D eigenvalue weighted by atomic mass is 32.2. The van der Waals surface area contributed by atoms with Gasteiger partial charge in [0.15, 0.2) is 5.52 Å². The zero-order valence-electron chi connectivity index (χ0n) is 20.5. The number of rotatable bonds is 10. The van der Waals surface area contributed by atoms with Gasteiger partial charge in [0.1, 0.15) is 0 Å². The molecule has 0 radical (unpaired) electrons. The first-order valence-electron chi connectivity index (χ1n) is 11.9. The SMILES string of the molecule is CCOc1nc(NCc2ccc(S(N)(=O)=O)cc2)nc2ccc(-c3cccc(NS(=O)(=O)C4CC4)c3)nc12.